The van der Waals surface area contributed by atoms with Gasteiger partial charge in [-0.2, -0.15) is 0 Å². The van der Waals surface area contributed by atoms with Gasteiger partial charge in [0.15, 0.2) is 0 Å². The Morgan fingerprint density at radius 1 is 1.05 bits per heavy atom. The van der Waals surface area contributed by atoms with E-state index in [1.54, 1.807) is 0 Å². The van der Waals surface area contributed by atoms with Crippen molar-refractivity contribution >= 4 is 16.7 Å². The van der Waals surface area contributed by atoms with Crippen molar-refractivity contribution in [3.63, 3.8) is 0 Å². The van der Waals surface area contributed by atoms with Crippen molar-refractivity contribution in [1.82, 2.24) is 0 Å². The Hall–Kier alpha value is -2.68. The molecule has 110 valence electrons. The highest BCUT2D eigenvalue weighted by Gasteiger charge is 2.18. The van der Waals surface area contributed by atoms with Crippen LogP contribution in [0.25, 0.3) is 10.8 Å². The third kappa shape index (κ3) is 2.58. The SMILES string of the molecule is CCc1c(C)[n+](NC(=O)c2ccccc2)cc2ccccc12. The maximum absolute atomic E-state index is 12.4. The lowest BCUT2D eigenvalue weighted by Crippen LogP contribution is -2.51. The van der Waals surface area contributed by atoms with Crippen LogP contribution in [0.15, 0.2) is 60.8 Å². The van der Waals surface area contributed by atoms with Crippen LogP contribution in [0.4, 0.5) is 0 Å². The number of nitrogens with zero attached hydrogens (tertiary/aromatic N) is 1. The van der Waals surface area contributed by atoms with E-state index in [1.807, 2.05) is 60.3 Å². The van der Waals surface area contributed by atoms with Crippen LogP contribution in [0.1, 0.15) is 28.5 Å². The van der Waals surface area contributed by atoms with Gasteiger partial charge in [0.2, 0.25) is 11.9 Å². The lowest BCUT2D eigenvalue weighted by molar-refractivity contribution is -0.646. The van der Waals surface area contributed by atoms with Crippen LogP contribution in [0.3, 0.4) is 0 Å². The van der Waals surface area contributed by atoms with Gasteiger partial charge in [-0.3, -0.25) is 4.79 Å². The summed E-state index contributed by atoms with van der Waals surface area (Å²) in [6.45, 7) is 4.18. The van der Waals surface area contributed by atoms with Crippen LogP contribution < -0.4 is 10.1 Å². The zero-order valence-electron chi connectivity index (χ0n) is 12.8. The van der Waals surface area contributed by atoms with E-state index in [4.69, 9.17) is 0 Å². The minimum atomic E-state index is -0.106. The molecule has 22 heavy (non-hydrogen) atoms. The fraction of sp³-hybridized carbons (Fsp3) is 0.158. The van der Waals surface area contributed by atoms with Crippen molar-refractivity contribution in [2.24, 2.45) is 0 Å². The Balaban J connectivity index is 2.04. The smallest absolute Gasteiger partial charge is 0.264 e. The van der Waals surface area contributed by atoms with E-state index in [0.29, 0.717) is 5.56 Å². The molecule has 1 amide bonds. The van der Waals surface area contributed by atoms with E-state index in [0.717, 1.165) is 17.5 Å². The molecule has 0 bridgehead atoms. The van der Waals surface area contributed by atoms with Gasteiger partial charge in [-0.05, 0) is 30.0 Å². The molecule has 1 N–H and O–H groups in total. The molecule has 0 saturated heterocycles. The van der Waals surface area contributed by atoms with Gasteiger partial charge in [-0.15, -0.1) is 5.43 Å². The minimum Gasteiger partial charge on any atom is -0.264 e. The molecule has 0 saturated carbocycles. The van der Waals surface area contributed by atoms with E-state index >= 15 is 0 Å². The number of fused-ring (bicyclic) bond motifs is 1. The highest BCUT2D eigenvalue weighted by atomic mass is 16.2. The highest BCUT2D eigenvalue weighted by Crippen LogP contribution is 2.19. The molecule has 3 aromatic rings. The number of pyridine rings is 1. The molecule has 0 radical (unpaired) electrons. The Labute approximate surface area is 130 Å². The second-order valence-electron chi connectivity index (χ2n) is 5.31. The first-order chi connectivity index (χ1) is 10.7. The molecule has 0 aliphatic heterocycles. The summed E-state index contributed by atoms with van der Waals surface area (Å²) in [5.74, 6) is -0.106. The fourth-order valence-electron chi connectivity index (χ4n) is 2.79. The van der Waals surface area contributed by atoms with Gasteiger partial charge in [0.1, 0.15) is 0 Å². The molecule has 0 aliphatic rings. The molecule has 0 aliphatic carbocycles. The normalized spacial score (nSPS) is 10.6. The topological polar surface area (TPSA) is 33.0 Å². The van der Waals surface area contributed by atoms with E-state index in [-0.39, 0.29) is 5.91 Å². The molecule has 0 spiro atoms. The molecule has 2 aromatic carbocycles. The predicted octanol–water partition coefficient (Wildman–Crippen LogP) is 3.38. The highest BCUT2D eigenvalue weighted by molar-refractivity contribution is 5.98. The maximum Gasteiger partial charge on any atom is 0.305 e. The lowest BCUT2D eigenvalue weighted by atomic mass is 10.0. The first kappa shape index (κ1) is 14.3. The number of carbonyl (C=O) groups is 1. The Morgan fingerprint density at radius 2 is 1.73 bits per heavy atom. The predicted molar refractivity (Wildman–Crippen MR) is 88.4 cm³/mol. The van der Waals surface area contributed by atoms with Crippen LogP contribution >= 0.6 is 0 Å². The summed E-state index contributed by atoms with van der Waals surface area (Å²) in [7, 11) is 0. The standard InChI is InChI=1S/C19H18N2O/c1-3-17-14(2)21(13-16-11-7-8-12-18(16)17)20-19(22)15-9-5-4-6-10-15/h4-13H,3H2,1-2H3/p+1. The summed E-state index contributed by atoms with van der Waals surface area (Å²) < 4.78 is 1.83. The Kier molecular flexibility index (Phi) is 3.88. The Morgan fingerprint density at radius 3 is 2.45 bits per heavy atom. The van der Waals surface area contributed by atoms with Crippen LogP contribution in [-0.2, 0) is 6.42 Å². The summed E-state index contributed by atoms with van der Waals surface area (Å²) in [5.41, 5.74) is 5.94. The second-order valence-corrected chi connectivity index (χ2v) is 5.31. The molecule has 3 nitrogen and oxygen atoms in total. The third-order valence-electron chi connectivity index (χ3n) is 3.96. The number of carbonyl (C=O) groups excluding carboxylic acids is 1. The monoisotopic (exact) mass is 291 g/mol. The molecule has 3 heteroatoms. The average Bonchev–Trinajstić information content (AvgIpc) is 2.56. The van der Waals surface area contributed by atoms with Crippen molar-refractivity contribution in [3.8, 4) is 0 Å². The van der Waals surface area contributed by atoms with Crippen molar-refractivity contribution in [2.45, 2.75) is 20.3 Å². The van der Waals surface area contributed by atoms with Gasteiger partial charge in [0.25, 0.3) is 0 Å². The number of rotatable bonds is 3. The van der Waals surface area contributed by atoms with E-state index in [1.165, 1.54) is 10.9 Å². The third-order valence-corrected chi connectivity index (χ3v) is 3.96. The first-order valence-electron chi connectivity index (χ1n) is 7.50. The van der Waals surface area contributed by atoms with Crippen molar-refractivity contribution < 1.29 is 9.47 Å². The zero-order valence-corrected chi connectivity index (χ0v) is 12.8. The van der Waals surface area contributed by atoms with Crippen LogP contribution in [0.2, 0.25) is 0 Å². The molecular formula is C19H19N2O+. The van der Waals surface area contributed by atoms with E-state index in [2.05, 4.69) is 24.5 Å². The van der Waals surface area contributed by atoms with Crippen molar-refractivity contribution in [1.29, 1.82) is 0 Å². The maximum atomic E-state index is 12.4. The molecule has 0 unspecified atom stereocenters. The van der Waals surface area contributed by atoms with Gasteiger partial charge in [0, 0.05) is 23.4 Å². The summed E-state index contributed by atoms with van der Waals surface area (Å²) in [5, 5.41) is 2.37. The first-order valence-corrected chi connectivity index (χ1v) is 7.50. The largest absolute Gasteiger partial charge is 0.305 e. The molecule has 3 rings (SSSR count). The van der Waals surface area contributed by atoms with Crippen molar-refractivity contribution in [2.75, 3.05) is 5.43 Å². The molecule has 1 heterocycles. The molecule has 1 aromatic heterocycles. The second kappa shape index (κ2) is 5.98. The van der Waals surface area contributed by atoms with Crippen molar-refractivity contribution in [3.05, 3.63) is 77.6 Å². The van der Waals surface area contributed by atoms with Gasteiger partial charge >= 0.3 is 5.91 Å². The molecule has 0 fully saturated rings. The average molecular weight is 291 g/mol. The number of hydrogen-bond acceptors (Lipinski definition) is 1. The van der Waals surface area contributed by atoms with Crippen LogP contribution in [-0.4, -0.2) is 5.91 Å². The van der Waals surface area contributed by atoms with Gasteiger partial charge in [-0.1, -0.05) is 48.0 Å². The number of amides is 1. The zero-order chi connectivity index (χ0) is 15.5. The summed E-state index contributed by atoms with van der Waals surface area (Å²) in [6, 6.07) is 17.5. The van der Waals surface area contributed by atoms with Crippen LogP contribution in [0, 0.1) is 6.92 Å². The van der Waals surface area contributed by atoms with E-state index in [9.17, 15) is 4.79 Å². The fourth-order valence-corrected chi connectivity index (χ4v) is 2.79. The van der Waals surface area contributed by atoms with Crippen LogP contribution in [0.5, 0.6) is 0 Å². The molecular weight excluding hydrogens is 272 g/mol. The summed E-state index contributed by atoms with van der Waals surface area (Å²) in [6.07, 6.45) is 2.90. The number of hydrogen-bond donors (Lipinski definition) is 1. The molecule has 0 atom stereocenters. The quantitative estimate of drug-likeness (QED) is 0.737. The Bertz CT molecular complexity index is 825. The number of aromatic nitrogens is 1. The summed E-state index contributed by atoms with van der Waals surface area (Å²) >= 11 is 0. The number of aryl methyl sites for hydroxylation is 1. The number of benzene rings is 2. The van der Waals surface area contributed by atoms with Gasteiger partial charge in [0.05, 0.1) is 0 Å². The summed E-state index contributed by atoms with van der Waals surface area (Å²) in [4.78, 5) is 12.4. The van der Waals surface area contributed by atoms with Gasteiger partial charge in [-0.25, -0.2) is 0 Å². The lowest BCUT2D eigenvalue weighted by Gasteiger charge is -2.08. The van der Waals surface area contributed by atoms with E-state index < -0.39 is 0 Å². The number of nitrogens with one attached hydrogen (secondary N) is 1. The van der Waals surface area contributed by atoms with Gasteiger partial charge < -0.3 is 0 Å². The minimum absolute atomic E-state index is 0.106.